The third-order valence-corrected chi connectivity index (χ3v) is 5.42. The molecule has 0 unspecified atom stereocenters. The van der Waals surface area contributed by atoms with E-state index in [2.05, 4.69) is 9.71 Å². The molecule has 2 N–H and O–H groups in total. The summed E-state index contributed by atoms with van der Waals surface area (Å²) in [5.74, 6) is -0.557. The number of aromatic nitrogens is 1. The minimum absolute atomic E-state index is 0.00334. The van der Waals surface area contributed by atoms with E-state index in [4.69, 9.17) is 9.84 Å². The standard InChI is InChI=1S/C13H14N2O5S2/c1-7-6-9(4-5-10(7)20-3)22(18,19)15-13-14-8(2)11(21-13)12(16)17/h4-6H,1-3H3,(H,14,15)(H,16,17). The summed E-state index contributed by atoms with van der Waals surface area (Å²) in [6.45, 7) is 3.24. The number of aromatic carboxylic acids is 1. The SMILES string of the molecule is COc1ccc(S(=O)(=O)Nc2nc(C)c(C(=O)O)s2)cc1C. The average molecular weight is 342 g/mol. The van der Waals surface area contributed by atoms with Gasteiger partial charge in [-0.1, -0.05) is 11.3 Å². The molecule has 2 rings (SSSR count). The van der Waals surface area contributed by atoms with E-state index in [0.717, 1.165) is 11.3 Å². The largest absolute Gasteiger partial charge is 0.496 e. The molecule has 0 aliphatic heterocycles. The molecule has 0 fully saturated rings. The molecule has 0 saturated carbocycles. The second-order valence-corrected chi connectivity index (χ2v) is 7.16. The minimum Gasteiger partial charge on any atom is -0.496 e. The fourth-order valence-electron chi connectivity index (χ4n) is 1.83. The van der Waals surface area contributed by atoms with E-state index in [9.17, 15) is 13.2 Å². The lowest BCUT2D eigenvalue weighted by molar-refractivity contribution is 0.0701. The highest BCUT2D eigenvalue weighted by molar-refractivity contribution is 7.93. The van der Waals surface area contributed by atoms with Crippen LogP contribution in [0.4, 0.5) is 5.13 Å². The van der Waals surface area contributed by atoms with Crippen molar-refractivity contribution in [3.8, 4) is 5.75 Å². The van der Waals surface area contributed by atoms with Crippen LogP contribution in [-0.2, 0) is 10.0 Å². The van der Waals surface area contributed by atoms with Crippen molar-refractivity contribution in [1.82, 2.24) is 4.98 Å². The number of methoxy groups -OCH3 is 1. The number of aryl methyl sites for hydroxylation is 2. The van der Waals surface area contributed by atoms with Gasteiger partial charge in [0.2, 0.25) is 0 Å². The number of carboxylic acids is 1. The van der Waals surface area contributed by atoms with Gasteiger partial charge in [-0.15, -0.1) is 0 Å². The maximum atomic E-state index is 12.3. The number of ether oxygens (including phenoxy) is 1. The Balaban J connectivity index is 2.33. The normalized spacial score (nSPS) is 11.2. The fourth-order valence-corrected chi connectivity index (χ4v) is 3.96. The summed E-state index contributed by atoms with van der Waals surface area (Å²) in [7, 11) is -2.34. The molecule has 1 aromatic heterocycles. The van der Waals surface area contributed by atoms with E-state index in [1.165, 1.54) is 26.2 Å². The first-order valence-corrected chi connectivity index (χ1v) is 8.42. The molecule has 2 aromatic rings. The predicted molar refractivity (Wildman–Crippen MR) is 82.3 cm³/mol. The Hall–Kier alpha value is -2.13. The Morgan fingerprint density at radius 1 is 1.36 bits per heavy atom. The summed E-state index contributed by atoms with van der Waals surface area (Å²) in [6.07, 6.45) is 0. The Kier molecular flexibility index (Phi) is 4.38. The van der Waals surface area contributed by atoms with E-state index < -0.39 is 16.0 Å². The predicted octanol–water partition coefficient (Wildman–Crippen LogP) is 2.27. The van der Waals surface area contributed by atoms with Gasteiger partial charge in [0.05, 0.1) is 17.7 Å². The van der Waals surface area contributed by atoms with Gasteiger partial charge in [-0.05, 0) is 37.6 Å². The summed E-state index contributed by atoms with van der Waals surface area (Å²) >= 11 is 0.775. The van der Waals surface area contributed by atoms with Gasteiger partial charge in [0.25, 0.3) is 10.0 Å². The number of rotatable bonds is 5. The third-order valence-electron chi connectivity index (χ3n) is 2.89. The van der Waals surface area contributed by atoms with Gasteiger partial charge in [-0.25, -0.2) is 18.2 Å². The van der Waals surface area contributed by atoms with Crippen LogP contribution in [-0.4, -0.2) is 31.6 Å². The highest BCUT2D eigenvalue weighted by atomic mass is 32.2. The third kappa shape index (κ3) is 3.20. The lowest BCUT2D eigenvalue weighted by Gasteiger charge is -2.08. The van der Waals surface area contributed by atoms with Crippen molar-refractivity contribution in [3.05, 3.63) is 34.3 Å². The number of benzene rings is 1. The Labute approximate surface area is 131 Å². The summed E-state index contributed by atoms with van der Waals surface area (Å²) in [6, 6.07) is 4.44. The molecule has 7 nitrogen and oxygen atoms in total. The van der Waals surface area contributed by atoms with Crippen molar-refractivity contribution >= 4 is 32.5 Å². The van der Waals surface area contributed by atoms with E-state index in [1.807, 2.05) is 0 Å². The van der Waals surface area contributed by atoms with Crippen LogP contribution < -0.4 is 9.46 Å². The number of carboxylic acid groups (broad SMARTS) is 1. The molecule has 0 spiro atoms. The van der Waals surface area contributed by atoms with Crippen LogP contribution in [0.1, 0.15) is 20.9 Å². The molecule has 0 radical (unpaired) electrons. The van der Waals surface area contributed by atoms with Gasteiger partial charge in [-0.2, -0.15) is 0 Å². The van der Waals surface area contributed by atoms with Crippen molar-refractivity contribution in [2.24, 2.45) is 0 Å². The lowest BCUT2D eigenvalue weighted by Crippen LogP contribution is -2.13. The number of sulfonamides is 1. The van der Waals surface area contributed by atoms with Crippen LogP contribution in [0.15, 0.2) is 23.1 Å². The second-order valence-electron chi connectivity index (χ2n) is 4.48. The number of hydrogen-bond acceptors (Lipinski definition) is 6. The van der Waals surface area contributed by atoms with Crippen molar-refractivity contribution < 1.29 is 23.1 Å². The zero-order valence-corrected chi connectivity index (χ0v) is 13.7. The number of nitrogens with zero attached hydrogens (tertiary/aromatic N) is 1. The smallest absolute Gasteiger partial charge is 0.347 e. The first-order chi connectivity index (χ1) is 10.2. The van der Waals surface area contributed by atoms with Crippen LogP contribution in [0.3, 0.4) is 0 Å². The van der Waals surface area contributed by atoms with E-state index in [1.54, 1.807) is 13.0 Å². The summed E-state index contributed by atoms with van der Waals surface area (Å²) < 4.78 is 32.0. The zero-order valence-electron chi connectivity index (χ0n) is 12.1. The monoisotopic (exact) mass is 342 g/mol. The molecule has 9 heteroatoms. The molecule has 0 atom stereocenters. The van der Waals surface area contributed by atoms with Gasteiger partial charge < -0.3 is 9.84 Å². The molecule has 118 valence electrons. The molecule has 1 heterocycles. The number of hydrogen-bond donors (Lipinski definition) is 2. The van der Waals surface area contributed by atoms with Crippen LogP contribution in [0, 0.1) is 13.8 Å². The van der Waals surface area contributed by atoms with Crippen LogP contribution in [0.25, 0.3) is 0 Å². The molecule has 0 amide bonds. The Bertz CT molecular complexity index is 827. The quantitative estimate of drug-likeness (QED) is 0.863. The Morgan fingerprint density at radius 2 is 2.05 bits per heavy atom. The van der Waals surface area contributed by atoms with Gasteiger partial charge in [0, 0.05) is 0 Å². The van der Waals surface area contributed by atoms with Crippen molar-refractivity contribution in [1.29, 1.82) is 0 Å². The molecule has 22 heavy (non-hydrogen) atoms. The minimum atomic E-state index is -3.84. The maximum absolute atomic E-state index is 12.3. The molecule has 1 aromatic carbocycles. The molecule has 0 bridgehead atoms. The van der Waals surface area contributed by atoms with Crippen molar-refractivity contribution in [2.75, 3.05) is 11.8 Å². The Morgan fingerprint density at radius 3 is 2.55 bits per heavy atom. The first-order valence-electron chi connectivity index (χ1n) is 6.13. The average Bonchev–Trinajstić information content (AvgIpc) is 2.78. The van der Waals surface area contributed by atoms with E-state index >= 15 is 0 Å². The van der Waals surface area contributed by atoms with Crippen molar-refractivity contribution in [2.45, 2.75) is 18.7 Å². The number of thiazole rings is 1. The summed E-state index contributed by atoms with van der Waals surface area (Å²) in [5, 5.41) is 8.98. The summed E-state index contributed by atoms with van der Waals surface area (Å²) in [4.78, 5) is 14.9. The van der Waals surface area contributed by atoms with E-state index in [-0.39, 0.29) is 20.6 Å². The topological polar surface area (TPSA) is 106 Å². The van der Waals surface area contributed by atoms with Crippen LogP contribution in [0.5, 0.6) is 5.75 Å². The lowest BCUT2D eigenvalue weighted by atomic mass is 10.2. The van der Waals surface area contributed by atoms with Gasteiger partial charge in [0.15, 0.2) is 5.13 Å². The number of carbonyl (C=O) groups is 1. The van der Waals surface area contributed by atoms with Crippen LogP contribution >= 0.6 is 11.3 Å². The summed E-state index contributed by atoms with van der Waals surface area (Å²) in [5.41, 5.74) is 0.938. The number of nitrogens with one attached hydrogen (secondary N) is 1. The van der Waals surface area contributed by atoms with Gasteiger partial charge in [-0.3, -0.25) is 4.72 Å². The van der Waals surface area contributed by atoms with Gasteiger partial charge >= 0.3 is 5.97 Å². The molecular weight excluding hydrogens is 328 g/mol. The fraction of sp³-hybridized carbons (Fsp3) is 0.231. The zero-order chi connectivity index (χ0) is 16.5. The first kappa shape index (κ1) is 16.2. The molecule has 0 aliphatic rings. The van der Waals surface area contributed by atoms with Crippen LogP contribution in [0.2, 0.25) is 0 Å². The maximum Gasteiger partial charge on any atom is 0.347 e. The van der Waals surface area contributed by atoms with Gasteiger partial charge in [0.1, 0.15) is 10.6 Å². The molecule has 0 saturated heterocycles. The highest BCUT2D eigenvalue weighted by Gasteiger charge is 2.20. The second kappa shape index (κ2) is 5.93. The van der Waals surface area contributed by atoms with Crippen molar-refractivity contribution in [3.63, 3.8) is 0 Å². The van der Waals surface area contributed by atoms with E-state index in [0.29, 0.717) is 11.3 Å². The number of anilines is 1. The highest BCUT2D eigenvalue weighted by Crippen LogP contribution is 2.26. The molecule has 0 aliphatic carbocycles. The molecular formula is C13H14N2O5S2.